The normalized spacial score (nSPS) is 20.1. The molecular formula is C29H24FN3O7S. The van der Waals surface area contributed by atoms with E-state index in [1.54, 1.807) is 31.4 Å². The third kappa shape index (κ3) is 5.21. The standard InChI is InChI=1S/C29H24FN3O7S/c1-15-12-13-41-27(15)23-22(26(34)21-11-6-16(2)40-21)24(17-4-3-5-20(14-17)33(38)39)32(25(23)28(35)36)29(37)31-19-9-7-18(30)8-10-19/h3-14,22-25H,1-2H3,(H,31,37)(H,35,36). The number of non-ortho nitro benzene ring substituents is 1. The first-order valence-corrected chi connectivity index (χ1v) is 13.4. The van der Waals surface area contributed by atoms with E-state index in [1.165, 1.54) is 53.8 Å². The van der Waals surface area contributed by atoms with Crippen LogP contribution in [0.15, 0.2) is 76.5 Å². The van der Waals surface area contributed by atoms with Gasteiger partial charge in [0.25, 0.3) is 5.69 Å². The third-order valence-electron chi connectivity index (χ3n) is 7.16. The Hall–Kier alpha value is -4.84. The van der Waals surface area contributed by atoms with Gasteiger partial charge in [0.1, 0.15) is 17.6 Å². The van der Waals surface area contributed by atoms with Crippen LogP contribution in [0.4, 0.5) is 20.6 Å². The van der Waals surface area contributed by atoms with Gasteiger partial charge in [0, 0.05) is 28.6 Å². The first kappa shape index (κ1) is 27.7. The van der Waals surface area contributed by atoms with Crippen LogP contribution >= 0.6 is 11.3 Å². The number of carboxylic acid groups (broad SMARTS) is 1. The third-order valence-corrected chi connectivity index (χ3v) is 8.28. The number of carbonyl (C=O) groups is 3. The number of halogens is 1. The number of Topliss-reactive ketones (excluding diaryl/α,β-unsaturated/α-hetero) is 1. The van der Waals surface area contributed by atoms with Crippen molar-refractivity contribution >= 4 is 40.5 Å². The van der Waals surface area contributed by atoms with Crippen molar-refractivity contribution in [1.29, 1.82) is 0 Å². The van der Waals surface area contributed by atoms with Gasteiger partial charge >= 0.3 is 12.0 Å². The van der Waals surface area contributed by atoms with E-state index in [0.717, 1.165) is 22.6 Å². The molecule has 12 heteroatoms. The molecule has 0 radical (unpaired) electrons. The number of carbonyl (C=O) groups excluding carboxylic acids is 2. The van der Waals surface area contributed by atoms with E-state index in [2.05, 4.69) is 5.32 Å². The van der Waals surface area contributed by atoms with E-state index in [-0.39, 0.29) is 22.7 Å². The summed E-state index contributed by atoms with van der Waals surface area (Å²) in [7, 11) is 0. The fraction of sp³-hybridized carbons (Fsp3) is 0.207. The minimum absolute atomic E-state index is 0.0212. The largest absolute Gasteiger partial charge is 0.480 e. The molecule has 1 aliphatic rings. The molecule has 10 nitrogen and oxygen atoms in total. The number of nitrogens with zero attached hydrogens (tertiary/aromatic N) is 2. The number of amides is 2. The molecule has 1 aliphatic heterocycles. The number of nitrogens with one attached hydrogen (secondary N) is 1. The second-order valence-electron chi connectivity index (χ2n) is 9.72. The van der Waals surface area contributed by atoms with Gasteiger partial charge in [-0.2, -0.15) is 0 Å². The van der Waals surface area contributed by atoms with Crippen LogP contribution in [-0.4, -0.2) is 38.8 Å². The molecule has 2 N–H and O–H groups in total. The zero-order valence-corrected chi connectivity index (χ0v) is 22.6. The number of benzene rings is 2. The van der Waals surface area contributed by atoms with Crippen molar-refractivity contribution in [2.24, 2.45) is 5.92 Å². The number of urea groups is 1. The predicted molar refractivity (Wildman–Crippen MR) is 148 cm³/mol. The predicted octanol–water partition coefficient (Wildman–Crippen LogP) is 6.33. The molecule has 0 spiro atoms. The number of thiophene rings is 1. The molecule has 1 saturated heterocycles. The molecule has 3 heterocycles. The zero-order chi connectivity index (χ0) is 29.4. The highest BCUT2D eigenvalue weighted by molar-refractivity contribution is 7.10. The Morgan fingerprint density at radius 3 is 2.39 bits per heavy atom. The number of nitro benzene ring substituents is 1. The minimum atomic E-state index is -1.54. The second kappa shape index (κ2) is 11.0. The van der Waals surface area contributed by atoms with Crippen LogP contribution in [0.1, 0.15) is 44.3 Å². The SMILES string of the molecule is Cc1ccc(C(=O)C2C(c3sccc3C)C(C(=O)O)N(C(=O)Nc3ccc(F)cc3)C2c2cccc([N+](=O)[O-])c2)o1. The van der Waals surface area contributed by atoms with Crippen molar-refractivity contribution in [1.82, 2.24) is 4.90 Å². The summed E-state index contributed by atoms with van der Waals surface area (Å²) in [5, 5.41) is 26.6. The Morgan fingerprint density at radius 1 is 1.07 bits per heavy atom. The van der Waals surface area contributed by atoms with Gasteiger partial charge in [0.05, 0.1) is 16.9 Å². The summed E-state index contributed by atoms with van der Waals surface area (Å²) >= 11 is 1.26. The van der Waals surface area contributed by atoms with Crippen molar-refractivity contribution in [3.63, 3.8) is 0 Å². The topological polar surface area (TPSA) is 143 Å². The maximum Gasteiger partial charge on any atom is 0.327 e. The summed E-state index contributed by atoms with van der Waals surface area (Å²) in [6.07, 6.45) is 0. The van der Waals surface area contributed by atoms with Crippen LogP contribution in [-0.2, 0) is 4.79 Å². The van der Waals surface area contributed by atoms with E-state index in [1.807, 2.05) is 0 Å². The lowest BCUT2D eigenvalue weighted by Gasteiger charge is -2.30. The van der Waals surface area contributed by atoms with Gasteiger partial charge in [0.2, 0.25) is 5.78 Å². The van der Waals surface area contributed by atoms with Gasteiger partial charge in [-0.3, -0.25) is 14.9 Å². The molecule has 41 heavy (non-hydrogen) atoms. The number of furan rings is 1. The fourth-order valence-corrected chi connectivity index (χ4v) is 6.52. The molecule has 1 fully saturated rings. The Labute approximate surface area is 237 Å². The molecule has 0 bridgehead atoms. The highest BCUT2D eigenvalue weighted by atomic mass is 32.1. The number of ketones is 1. The fourth-order valence-electron chi connectivity index (χ4n) is 5.42. The highest BCUT2D eigenvalue weighted by Crippen LogP contribution is 2.53. The summed E-state index contributed by atoms with van der Waals surface area (Å²) in [6, 6.07) is 11.6. The molecule has 2 aromatic heterocycles. The first-order chi connectivity index (χ1) is 19.6. The quantitative estimate of drug-likeness (QED) is 0.148. The summed E-state index contributed by atoms with van der Waals surface area (Å²) in [6.45, 7) is 3.44. The van der Waals surface area contributed by atoms with Gasteiger partial charge in [0.15, 0.2) is 5.76 Å². The molecule has 4 atom stereocenters. The summed E-state index contributed by atoms with van der Waals surface area (Å²) in [5.41, 5.74) is 0.846. The maximum atomic E-state index is 14.2. The number of nitro groups is 1. The van der Waals surface area contributed by atoms with Gasteiger partial charge < -0.3 is 19.7 Å². The Balaban J connectivity index is 1.74. The molecular weight excluding hydrogens is 553 g/mol. The van der Waals surface area contributed by atoms with Gasteiger partial charge in [-0.1, -0.05) is 12.1 Å². The Bertz CT molecular complexity index is 1650. The van der Waals surface area contributed by atoms with E-state index in [9.17, 15) is 34.0 Å². The Kier molecular flexibility index (Phi) is 7.41. The summed E-state index contributed by atoms with van der Waals surface area (Å²) in [5.74, 6) is -4.20. The van der Waals surface area contributed by atoms with Crippen LogP contribution in [0.25, 0.3) is 0 Å². The van der Waals surface area contributed by atoms with Crippen molar-refractivity contribution in [2.75, 3.05) is 5.32 Å². The van der Waals surface area contributed by atoms with Crippen molar-refractivity contribution in [3.8, 4) is 0 Å². The number of hydrogen-bond donors (Lipinski definition) is 2. The van der Waals surface area contributed by atoms with Crippen molar-refractivity contribution in [3.05, 3.63) is 116 Å². The van der Waals surface area contributed by atoms with Gasteiger partial charge in [-0.25, -0.2) is 14.0 Å². The van der Waals surface area contributed by atoms with E-state index in [4.69, 9.17) is 4.42 Å². The first-order valence-electron chi connectivity index (χ1n) is 12.5. The maximum absolute atomic E-state index is 14.2. The lowest BCUT2D eigenvalue weighted by Crippen LogP contribution is -2.45. The van der Waals surface area contributed by atoms with Crippen molar-refractivity contribution in [2.45, 2.75) is 31.8 Å². The molecule has 4 unspecified atom stereocenters. The lowest BCUT2D eigenvalue weighted by molar-refractivity contribution is -0.385. The molecule has 5 rings (SSSR count). The molecule has 2 aromatic carbocycles. The van der Waals surface area contributed by atoms with Crippen LogP contribution in [0.2, 0.25) is 0 Å². The smallest absolute Gasteiger partial charge is 0.327 e. The molecule has 2 amide bonds. The van der Waals surface area contributed by atoms with Crippen LogP contribution in [0, 0.1) is 35.7 Å². The molecule has 0 saturated carbocycles. The van der Waals surface area contributed by atoms with E-state index >= 15 is 0 Å². The van der Waals surface area contributed by atoms with Crippen molar-refractivity contribution < 1.29 is 33.2 Å². The average Bonchev–Trinajstić information content (AvgIpc) is 3.66. The number of aliphatic carboxylic acids is 1. The van der Waals surface area contributed by atoms with Gasteiger partial charge in [-0.05, 0) is 72.8 Å². The highest BCUT2D eigenvalue weighted by Gasteiger charge is 2.59. The number of rotatable bonds is 7. The number of likely N-dealkylation sites (tertiary alicyclic amines) is 1. The van der Waals surface area contributed by atoms with Crippen LogP contribution in [0.3, 0.4) is 0 Å². The monoisotopic (exact) mass is 577 g/mol. The van der Waals surface area contributed by atoms with E-state index in [0.29, 0.717) is 10.6 Å². The molecule has 210 valence electrons. The van der Waals surface area contributed by atoms with E-state index < -0.39 is 52.4 Å². The van der Waals surface area contributed by atoms with Gasteiger partial charge in [-0.15, -0.1) is 11.3 Å². The molecule has 4 aromatic rings. The number of anilines is 1. The second-order valence-corrected chi connectivity index (χ2v) is 10.7. The molecule has 0 aliphatic carbocycles. The average molecular weight is 578 g/mol. The number of hydrogen-bond acceptors (Lipinski definition) is 7. The zero-order valence-electron chi connectivity index (χ0n) is 21.8. The van der Waals surface area contributed by atoms with Crippen LogP contribution < -0.4 is 5.32 Å². The van der Waals surface area contributed by atoms with Crippen LogP contribution in [0.5, 0.6) is 0 Å². The number of carboxylic acids is 1. The number of aryl methyl sites for hydroxylation is 2. The summed E-state index contributed by atoms with van der Waals surface area (Å²) in [4.78, 5) is 53.8. The minimum Gasteiger partial charge on any atom is -0.480 e. The Morgan fingerprint density at radius 2 is 1.80 bits per heavy atom. The lowest BCUT2D eigenvalue weighted by atomic mass is 9.79. The summed E-state index contributed by atoms with van der Waals surface area (Å²) < 4.78 is 19.2.